The number of carboxylic acids is 1. The predicted octanol–water partition coefficient (Wildman–Crippen LogP) is 3.21. The van der Waals surface area contributed by atoms with E-state index in [1.165, 1.54) is 24.0 Å². The standard InChI is InChI=1S/C17H23NO2/c1-17(2)8-7-15(13-5-3-4-6-14(13)17)18-10-12(11-18)9-16(19)20/h3-6,12,15H,7-11H2,1-2H3,(H,19,20). The van der Waals surface area contributed by atoms with Gasteiger partial charge >= 0.3 is 5.97 Å². The second kappa shape index (κ2) is 4.88. The molecule has 0 spiro atoms. The van der Waals surface area contributed by atoms with E-state index in [2.05, 4.69) is 43.0 Å². The Balaban J connectivity index is 1.75. The van der Waals surface area contributed by atoms with Gasteiger partial charge in [-0.15, -0.1) is 0 Å². The number of carbonyl (C=O) groups is 1. The summed E-state index contributed by atoms with van der Waals surface area (Å²) in [4.78, 5) is 13.2. The van der Waals surface area contributed by atoms with Gasteiger partial charge in [-0.2, -0.15) is 0 Å². The number of hydrogen-bond donors (Lipinski definition) is 1. The largest absolute Gasteiger partial charge is 0.481 e. The molecular formula is C17H23NO2. The molecule has 3 heteroatoms. The zero-order valence-corrected chi connectivity index (χ0v) is 12.3. The van der Waals surface area contributed by atoms with Gasteiger partial charge in [0.05, 0.1) is 6.42 Å². The van der Waals surface area contributed by atoms with Crippen molar-refractivity contribution in [2.75, 3.05) is 13.1 Å². The number of fused-ring (bicyclic) bond motifs is 1. The molecule has 0 amide bonds. The van der Waals surface area contributed by atoms with Gasteiger partial charge in [0, 0.05) is 19.1 Å². The maximum atomic E-state index is 10.8. The average molecular weight is 273 g/mol. The van der Waals surface area contributed by atoms with Crippen LogP contribution in [0.15, 0.2) is 24.3 Å². The molecule has 108 valence electrons. The summed E-state index contributed by atoms with van der Waals surface area (Å²) < 4.78 is 0. The lowest BCUT2D eigenvalue weighted by Crippen LogP contribution is -2.50. The zero-order chi connectivity index (χ0) is 14.3. The van der Waals surface area contributed by atoms with Gasteiger partial charge in [0.15, 0.2) is 0 Å². The monoisotopic (exact) mass is 273 g/mol. The Kier molecular flexibility index (Phi) is 3.33. The molecule has 3 nitrogen and oxygen atoms in total. The Morgan fingerprint density at radius 3 is 2.75 bits per heavy atom. The first-order chi connectivity index (χ1) is 9.47. The van der Waals surface area contributed by atoms with E-state index in [1.54, 1.807) is 0 Å². The van der Waals surface area contributed by atoms with E-state index in [-0.39, 0.29) is 5.41 Å². The summed E-state index contributed by atoms with van der Waals surface area (Å²) in [6, 6.07) is 9.26. The van der Waals surface area contributed by atoms with Crippen LogP contribution < -0.4 is 0 Å². The first kappa shape index (κ1) is 13.6. The van der Waals surface area contributed by atoms with Crippen LogP contribution in [0.5, 0.6) is 0 Å². The van der Waals surface area contributed by atoms with Crippen LogP contribution in [0.2, 0.25) is 0 Å². The van der Waals surface area contributed by atoms with Gasteiger partial charge in [-0.25, -0.2) is 0 Å². The predicted molar refractivity (Wildman–Crippen MR) is 78.8 cm³/mol. The van der Waals surface area contributed by atoms with E-state index >= 15 is 0 Å². The maximum absolute atomic E-state index is 10.8. The van der Waals surface area contributed by atoms with E-state index < -0.39 is 5.97 Å². The van der Waals surface area contributed by atoms with Crippen LogP contribution in [-0.4, -0.2) is 29.1 Å². The number of aliphatic carboxylic acids is 1. The number of likely N-dealkylation sites (tertiary alicyclic amines) is 1. The second-order valence-electron chi connectivity index (χ2n) is 6.94. The van der Waals surface area contributed by atoms with Crippen molar-refractivity contribution in [3.05, 3.63) is 35.4 Å². The zero-order valence-electron chi connectivity index (χ0n) is 12.3. The molecule has 0 radical (unpaired) electrons. The van der Waals surface area contributed by atoms with Crippen molar-refractivity contribution in [3.63, 3.8) is 0 Å². The fourth-order valence-electron chi connectivity index (χ4n) is 3.81. The molecule has 1 saturated heterocycles. The van der Waals surface area contributed by atoms with E-state index in [9.17, 15) is 4.79 Å². The van der Waals surface area contributed by atoms with E-state index in [0.29, 0.717) is 18.4 Å². The van der Waals surface area contributed by atoms with Crippen LogP contribution in [0.1, 0.15) is 50.3 Å². The van der Waals surface area contributed by atoms with Crippen LogP contribution in [0, 0.1) is 5.92 Å². The van der Waals surface area contributed by atoms with Crippen LogP contribution in [0.4, 0.5) is 0 Å². The molecule has 3 rings (SSSR count). The van der Waals surface area contributed by atoms with Crippen LogP contribution in [0.3, 0.4) is 0 Å². The summed E-state index contributed by atoms with van der Waals surface area (Å²) in [6.45, 7) is 6.52. The molecule has 0 bridgehead atoms. The number of nitrogens with zero attached hydrogens (tertiary/aromatic N) is 1. The Labute approximate surface area is 120 Å². The Morgan fingerprint density at radius 1 is 1.35 bits per heavy atom. The SMILES string of the molecule is CC1(C)CCC(N2CC(CC(=O)O)C2)c2ccccc21. The van der Waals surface area contributed by atoms with Gasteiger partial charge < -0.3 is 5.11 Å². The Hall–Kier alpha value is -1.35. The summed E-state index contributed by atoms with van der Waals surface area (Å²) in [7, 11) is 0. The molecule has 1 aromatic carbocycles. The van der Waals surface area contributed by atoms with Crippen molar-refractivity contribution in [3.8, 4) is 0 Å². The highest BCUT2D eigenvalue weighted by atomic mass is 16.4. The van der Waals surface area contributed by atoms with Gasteiger partial charge in [0.25, 0.3) is 0 Å². The molecule has 0 saturated carbocycles. The number of carboxylic acid groups (broad SMARTS) is 1. The van der Waals surface area contributed by atoms with Crippen molar-refractivity contribution in [1.82, 2.24) is 4.90 Å². The molecule has 2 aliphatic rings. The third-order valence-corrected chi connectivity index (χ3v) is 4.98. The molecule has 1 fully saturated rings. The molecule has 1 atom stereocenters. The quantitative estimate of drug-likeness (QED) is 0.919. The highest BCUT2D eigenvalue weighted by Gasteiger charge is 2.39. The number of hydrogen-bond acceptors (Lipinski definition) is 2. The first-order valence-corrected chi connectivity index (χ1v) is 7.52. The van der Waals surface area contributed by atoms with Gasteiger partial charge in [0.1, 0.15) is 0 Å². The van der Waals surface area contributed by atoms with Gasteiger partial charge in [-0.05, 0) is 35.3 Å². The molecule has 0 aromatic heterocycles. The second-order valence-corrected chi connectivity index (χ2v) is 6.94. The van der Waals surface area contributed by atoms with Crippen molar-refractivity contribution < 1.29 is 9.90 Å². The Morgan fingerprint density at radius 2 is 2.05 bits per heavy atom. The minimum atomic E-state index is -0.667. The van der Waals surface area contributed by atoms with E-state index in [4.69, 9.17) is 5.11 Å². The number of rotatable bonds is 3. The first-order valence-electron chi connectivity index (χ1n) is 7.52. The third-order valence-electron chi connectivity index (χ3n) is 4.98. The lowest BCUT2D eigenvalue weighted by Gasteiger charge is -2.48. The summed E-state index contributed by atoms with van der Waals surface area (Å²) in [6.07, 6.45) is 2.70. The molecule has 1 aromatic rings. The molecule has 20 heavy (non-hydrogen) atoms. The number of benzene rings is 1. The van der Waals surface area contributed by atoms with Crippen LogP contribution in [0.25, 0.3) is 0 Å². The fourth-order valence-corrected chi connectivity index (χ4v) is 3.81. The van der Waals surface area contributed by atoms with Crippen molar-refractivity contribution in [1.29, 1.82) is 0 Å². The lowest BCUT2D eigenvalue weighted by atomic mass is 9.70. The molecule has 1 N–H and O–H groups in total. The topological polar surface area (TPSA) is 40.5 Å². The minimum Gasteiger partial charge on any atom is -0.481 e. The van der Waals surface area contributed by atoms with E-state index in [1.807, 2.05) is 0 Å². The normalized spacial score (nSPS) is 25.8. The van der Waals surface area contributed by atoms with Gasteiger partial charge in [-0.1, -0.05) is 38.1 Å². The molecule has 1 aliphatic heterocycles. The molecule has 1 heterocycles. The third kappa shape index (κ3) is 2.35. The van der Waals surface area contributed by atoms with Crippen LogP contribution >= 0.6 is 0 Å². The van der Waals surface area contributed by atoms with Gasteiger partial charge in [0.2, 0.25) is 0 Å². The Bertz CT molecular complexity index is 517. The highest BCUT2D eigenvalue weighted by molar-refractivity contribution is 5.67. The lowest BCUT2D eigenvalue weighted by molar-refractivity contribution is -0.140. The minimum absolute atomic E-state index is 0.262. The van der Waals surface area contributed by atoms with Crippen molar-refractivity contribution >= 4 is 5.97 Å². The summed E-state index contributed by atoms with van der Waals surface area (Å²) in [5.74, 6) is -0.325. The molecule has 1 aliphatic carbocycles. The molecular weight excluding hydrogens is 250 g/mol. The van der Waals surface area contributed by atoms with Crippen molar-refractivity contribution in [2.24, 2.45) is 5.92 Å². The summed E-state index contributed by atoms with van der Waals surface area (Å²) in [5, 5.41) is 8.85. The van der Waals surface area contributed by atoms with Crippen molar-refractivity contribution in [2.45, 2.75) is 44.6 Å². The highest BCUT2D eigenvalue weighted by Crippen LogP contribution is 2.45. The smallest absolute Gasteiger partial charge is 0.303 e. The summed E-state index contributed by atoms with van der Waals surface area (Å²) in [5.41, 5.74) is 3.19. The summed E-state index contributed by atoms with van der Waals surface area (Å²) >= 11 is 0. The van der Waals surface area contributed by atoms with E-state index in [0.717, 1.165) is 13.1 Å². The van der Waals surface area contributed by atoms with Gasteiger partial charge in [-0.3, -0.25) is 9.69 Å². The van der Waals surface area contributed by atoms with Crippen LogP contribution in [-0.2, 0) is 10.2 Å². The molecule has 1 unspecified atom stereocenters. The fraction of sp³-hybridized carbons (Fsp3) is 0.588. The average Bonchev–Trinajstić information content (AvgIpc) is 2.35. The maximum Gasteiger partial charge on any atom is 0.303 e.